The Morgan fingerprint density at radius 3 is 1.07 bits per heavy atom. The van der Waals surface area contributed by atoms with E-state index in [-0.39, 0.29) is 22.3 Å². The van der Waals surface area contributed by atoms with Crippen LogP contribution in [0, 0.1) is 0 Å². The first kappa shape index (κ1) is 37.5. The van der Waals surface area contributed by atoms with Gasteiger partial charge in [0.1, 0.15) is 0 Å². The molecule has 0 aliphatic carbocycles. The monoisotopic (exact) mass is 624 g/mol. The molecule has 2 rings (SSSR count). The third-order valence-corrected chi connectivity index (χ3v) is 8.66. The van der Waals surface area contributed by atoms with Gasteiger partial charge in [0.15, 0.2) is 0 Å². The predicted molar refractivity (Wildman–Crippen MR) is 176 cm³/mol. The van der Waals surface area contributed by atoms with Crippen molar-refractivity contribution in [1.29, 1.82) is 0 Å². The molecular formula is C37H52O8. The van der Waals surface area contributed by atoms with Gasteiger partial charge in [0.2, 0.25) is 0 Å². The average molecular weight is 625 g/mol. The third kappa shape index (κ3) is 12.0. The highest BCUT2D eigenvalue weighted by atomic mass is 16.4. The maximum Gasteiger partial charge on any atom is 0.336 e. The fourth-order valence-electron chi connectivity index (χ4n) is 6.24. The van der Waals surface area contributed by atoms with Crippen molar-refractivity contribution in [2.24, 2.45) is 0 Å². The van der Waals surface area contributed by atoms with Crippen LogP contribution in [-0.4, -0.2) is 44.3 Å². The summed E-state index contributed by atoms with van der Waals surface area (Å²) in [5.74, 6) is -5.03. The second-order valence-electron chi connectivity index (χ2n) is 12.1. The van der Waals surface area contributed by atoms with E-state index in [2.05, 4.69) is 13.8 Å². The molecular weight excluding hydrogens is 572 g/mol. The van der Waals surface area contributed by atoms with Gasteiger partial charge in [-0.2, -0.15) is 0 Å². The van der Waals surface area contributed by atoms with Crippen LogP contribution in [0.1, 0.15) is 174 Å². The molecule has 0 amide bonds. The average Bonchev–Trinajstić information content (AvgIpc) is 3.00. The first-order chi connectivity index (χ1) is 21.6. The van der Waals surface area contributed by atoms with E-state index in [0.29, 0.717) is 56.1 Å². The van der Waals surface area contributed by atoms with Gasteiger partial charge in [-0.05, 0) is 85.8 Å². The normalized spacial score (nSPS) is 11.1. The van der Waals surface area contributed by atoms with Crippen LogP contribution in [0.4, 0.5) is 0 Å². The van der Waals surface area contributed by atoms with Crippen molar-refractivity contribution in [3.8, 4) is 0 Å². The Labute approximate surface area is 267 Å². The number of rotatable bonds is 24. The Hall–Kier alpha value is -3.68. The lowest BCUT2D eigenvalue weighted by Crippen LogP contribution is -2.14. The number of hydrogen-bond donors (Lipinski definition) is 4. The number of aryl methyl sites for hydroxylation is 2. The Balaban J connectivity index is 2.19. The van der Waals surface area contributed by atoms with E-state index in [0.717, 1.165) is 62.5 Å². The zero-order valence-corrected chi connectivity index (χ0v) is 27.2. The molecule has 4 N–H and O–H groups in total. The number of carboxylic acids is 4. The third-order valence-electron chi connectivity index (χ3n) is 8.66. The van der Waals surface area contributed by atoms with E-state index in [1.807, 2.05) is 0 Å². The van der Waals surface area contributed by atoms with Gasteiger partial charge in [-0.25, -0.2) is 19.2 Å². The SMILES string of the molecule is CCCCCCCCc1ccc(C(=O)O)c(C(=O)O)c1CCCCCc1c(CCCCCCCC)ccc(C(=O)O)c1C(=O)O. The molecule has 0 heterocycles. The van der Waals surface area contributed by atoms with Crippen molar-refractivity contribution in [2.45, 2.75) is 136 Å². The molecule has 0 saturated carbocycles. The molecule has 0 aliphatic heterocycles. The van der Waals surface area contributed by atoms with E-state index in [4.69, 9.17) is 0 Å². The molecule has 2 aromatic carbocycles. The summed E-state index contributed by atoms with van der Waals surface area (Å²) < 4.78 is 0. The first-order valence-corrected chi connectivity index (χ1v) is 16.9. The van der Waals surface area contributed by atoms with Crippen LogP contribution in [-0.2, 0) is 25.7 Å². The van der Waals surface area contributed by atoms with Crippen LogP contribution >= 0.6 is 0 Å². The predicted octanol–water partition coefficient (Wildman–Crippen LogP) is 9.24. The Morgan fingerprint density at radius 2 is 0.733 bits per heavy atom. The van der Waals surface area contributed by atoms with Gasteiger partial charge in [0.25, 0.3) is 0 Å². The number of carbonyl (C=O) groups is 4. The van der Waals surface area contributed by atoms with E-state index >= 15 is 0 Å². The fraction of sp³-hybridized carbons (Fsp3) is 0.568. The van der Waals surface area contributed by atoms with E-state index < -0.39 is 23.9 Å². The molecule has 0 saturated heterocycles. The summed E-state index contributed by atoms with van der Waals surface area (Å²) in [7, 11) is 0. The number of aromatic carboxylic acids is 4. The Morgan fingerprint density at radius 1 is 0.422 bits per heavy atom. The Kier molecular flexibility index (Phi) is 17.0. The minimum absolute atomic E-state index is 0.144. The standard InChI is InChI=1S/C37H52O8/c1-3-5-7-9-11-14-18-26-22-24-30(34(38)39)32(36(42)43)28(26)20-16-13-17-21-29-27(19-15-12-10-8-6-4-2)23-25-31(35(40)41)33(29)37(44)45/h22-25H,3-21H2,1-2H3,(H,38,39)(H,40,41)(H,42,43)(H,44,45). The maximum atomic E-state index is 12.2. The molecule has 0 aromatic heterocycles. The fourth-order valence-corrected chi connectivity index (χ4v) is 6.24. The van der Waals surface area contributed by atoms with Crippen molar-refractivity contribution in [3.63, 3.8) is 0 Å². The summed E-state index contributed by atoms with van der Waals surface area (Å²) >= 11 is 0. The lowest BCUT2D eigenvalue weighted by Gasteiger charge is -2.17. The van der Waals surface area contributed by atoms with Crippen LogP contribution in [0.3, 0.4) is 0 Å². The Bertz CT molecular complexity index is 1180. The molecule has 0 radical (unpaired) electrons. The quantitative estimate of drug-likeness (QED) is 0.0844. The topological polar surface area (TPSA) is 149 Å². The van der Waals surface area contributed by atoms with Crippen molar-refractivity contribution >= 4 is 23.9 Å². The van der Waals surface area contributed by atoms with Crippen LogP contribution in [0.25, 0.3) is 0 Å². The molecule has 0 bridgehead atoms. The van der Waals surface area contributed by atoms with Gasteiger partial charge >= 0.3 is 23.9 Å². The van der Waals surface area contributed by atoms with Crippen LogP contribution in [0.2, 0.25) is 0 Å². The minimum atomic E-state index is -1.27. The minimum Gasteiger partial charge on any atom is -0.478 e. The van der Waals surface area contributed by atoms with E-state index in [1.54, 1.807) is 12.1 Å². The molecule has 248 valence electrons. The van der Waals surface area contributed by atoms with Gasteiger partial charge in [-0.15, -0.1) is 0 Å². The summed E-state index contributed by atoms with van der Waals surface area (Å²) in [6, 6.07) is 6.30. The molecule has 2 aromatic rings. The van der Waals surface area contributed by atoms with Crippen LogP contribution in [0.15, 0.2) is 24.3 Å². The number of carboxylic acid groups (broad SMARTS) is 4. The lowest BCUT2D eigenvalue weighted by molar-refractivity contribution is 0.0650. The van der Waals surface area contributed by atoms with E-state index in [1.165, 1.54) is 37.8 Å². The van der Waals surface area contributed by atoms with Gasteiger partial charge in [0.05, 0.1) is 22.3 Å². The highest BCUT2D eigenvalue weighted by Gasteiger charge is 2.24. The highest BCUT2D eigenvalue weighted by Crippen LogP contribution is 2.27. The summed E-state index contributed by atoms with van der Waals surface area (Å²) in [4.78, 5) is 48.2. The zero-order valence-electron chi connectivity index (χ0n) is 27.2. The van der Waals surface area contributed by atoms with Crippen molar-refractivity contribution in [1.82, 2.24) is 0 Å². The highest BCUT2D eigenvalue weighted by molar-refractivity contribution is 6.03. The molecule has 0 unspecified atom stereocenters. The summed E-state index contributed by atoms with van der Waals surface area (Å²) in [5, 5.41) is 39.3. The zero-order chi connectivity index (χ0) is 33.2. The maximum absolute atomic E-state index is 12.2. The molecule has 0 aliphatic rings. The number of unbranched alkanes of at least 4 members (excludes halogenated alkanes) is 12. The van der Waals surface area contributed by atoms with Gasteiger partial charge in [-0.1, -0.05) is 96.6 Å². The molecule has 8 nitrogen and oxygen atoms in total. The first-order valence-electron chi connectivity index (χ1n) is 16.9. The van der Waals surface area contributed by atoms with Crippen molar-refractivity contribution in [2.75, 3.05) is 0 Å². The van der Waals surface area contributed by atoms with Gasteiger partial charge < -0.3 is 20.4 Å². The molecule has 8 heteroatoms. The van der Waals surface area contributed by atoms with Gasteiger partial charge in [-0.3, -0.25) is 0 Å². The largest absolute Gasteiger partial charge is 0.478 e. The van der Waals surface area contributed by atoms with Crippen molar-refractivity contribution in [3.05, 3.63) is 68.8 Å². The van der Waals surface area contributed by atoms with Gasteiger partial charge in [0, 0.05) is 0 Å². The second-order valence-corrected chi connectivity index (χ2v) is 12.1. The summed E-state index contributed by atoms with van der Waals surface area (Å²) in [6.45, 7) is 4.33. The molecule has 0 spiro atoms. The second kappa shape index (κ2) is 20.4. The number of benzene rings is 2. The summed E-state index contributed by atoms with van der Waals surface area (Å²) in [6.07, 6.45) is 17.2. The van der Waals surface area contributed by atoms with Crippen LogP contribution in [0.5, 0.6) is 0 Å². The molecule has 0 fully saturated rings. The van der Waals surface area contributed by atoms with Crippen molar-refractivity contribution < 1.29 is 39.6 Å². The smallest absolute Gasteiger partial charge is 0.336 e. The lowest BCUT2D eigenvalue weighted by atomic mass is 9.88. The van der Waals surface area contributed by atoms with E-state index in [9.17, 15) is 39.6 Å². The summed E-state index contributed by atoms with van der Waals surface area (Å²) in [5.41, 5.74) is 2.18. The molecule has 45 heavy (non-hydrogen) atoms. The van der Waals surface area contributed by atoms with Crippen LogP contribution < -0.4 is 0 Å². The molecule has 0 atom stereocenters. The number of hydrogen-bond acceptors (Lipinski definition) is 4.